The second kappa shape index (κ2) is 12.7. The fraction of sp³-hybridized carbons (Fsp3) is 0.391. The molecule has 1 aliphatic rings. The van der Waals surface area contributed by atoms with Gasteiger partial charge in [-0.3, -0.25) is 4.79 Å². The minimum atomic E-state index is -5.08. The van der Waals surface area contributed by atoms with Gasteiger partial charge >= 0.3 is 12.1 Å². The molecule has 0 aliphatic carbocycles. The minimum absolute atomic E-state index is 0.139. The van der Waals surface area contributed by atoms with E-state index in [0.29, 0.717) is 13.1 Å². The van der Waals surface area contributed by atoms with Gasteiger partial charge in [0.1, 0.15) is 0 Å². The summed E-state index contributed by atoms with van der Waals surface area (Å²) in [6.07, 6.45) is -5.08. The van der Waals surface area contributed by atoms with E-state index in [1.807, 2.05) is 38.1 Å². The van der Waals surface area contributed by atoms with Crippen LogP contribution < -0.4 is 5.32 Å². The Balaban J connectivity index is 0.000000572. The molecule has 0 radical (unpaired) electrons. The molecule has 0 atom stereocenters. The molecule has 1 fully saturated rings. The molecule has 2 aromatic rings. The molecule has 0 saturated carbocycles. The van der Waals surface area contributed by atoms with E-state index in [4.69, 9.17) is 9.90 Å². The van der Waals surface area contributed by atoms with Crippen molar-refractivity contribution in [2.75, 3.05) is 32.7 Å². The smallest absolute Gasteiger partial charge is 0.475 e. The Morgan fingerprint density at radius 3 is 2.11 bits per heavy atom. The Hall–Kier alpha value is -2.48. The zero-order chi connectivity index (χ0) is 27.1. The van der Waals surface area contributed by atoms with Crippen LogP contribution in [-0.2, 0) is 26.2 Å². The summed E-state index contributed by atoms with van der Waals surface area (Å²) in [5.41, 5.74) is 2.76. The van der Waals surface area contributed by atoms with Crippen molar-refractivity contribution in [2.24, 2.45) is 0 Å². The fourth-order valence-electron chi connectivity index (χ4n) is 3.21. The van der Waals surface area contributed by atoms with Gasteiger partial charge < -0.3 is 15.3 Å². The van der Waals surface area contributed by atoms with E-state index in [-0.39, 0.29) is 23.9 Å². The number of alkyl halides is 3. The maximum Gasteiger partial charge on any atom is 0.490 e. The Kier molecular flexibility index (Phi) is 10.5. The molecule has 8 nitrogen and oxygen atoms in total. The first kappa shape index (κ1) is 29.7. The number of nitrogens with zero attached hydrogens (tertiary/aromatic N) is 2. The van der Waals surface area contributed by atoms with Crippen molar-refractivity contribution in [2.45, 2.75) is 31.5 Å². The average molecular weight is 594 g/mol. The third-order valence-electron chi connectivity index (χ3n) is 5.41. The molecule has 0 bridgehead atoms. The normalized spacial score (nSPS) is 14.2. The number of amides is 1. The van der Waals surface area contributed by atoms with E-state index in [0.717, 1.165) is 34.3 Å². The fourth-order valence-corrected chi connectivity index (χ4v) is 4.94. The molecule has 13 heteroatoms. The lowest BCUT2D eigenvalue weighted by atomic mass is 10.1. The minimum Gasteiger partial charge on any atom is -0.475 e. The summed E-state index contributed by atoms with van der Waals surface area (Å²) < 4.78 is 60.8. The largest absolute Gasteiger partial charge is 0.490 e. The molecule has 1 amide bonds. The molecule has 1 heterocycles. The van der Waals surface area contributed by atoms with Gasteiger partial charge in [0, 0.05) is 37.2 Å². The van der Waals surface area contributed by atoms with Crippen LogP contribution in [0.15, 0.2) is 51.8 Å². The Morgan fingerprint density at radius 1 is 1.06 bits per heavy atom. The maximum absolute atomic E-state index is 13.4. The second-order valence-corrected chi connectivity index (χ2v) is 10.9. The summed E-state index contributed by atoms with van der Waals surface area (Å²) in [6, 6.07) is 12.6. The SMILES string of the molecule is Cc1ccc(S(=O)(=O)N(CC(=O)N2CCNCC2)Cc2ccc(Br)cc2)cc1C.O=C(O)C(F)(F)F. The number of hydrogen-bond donors (Lipinski definition) is 2. The lowest BCUT2D eigenvalue weighted by Gasteiger charge is -2.30. The number of carboxylic acids is 1. The van der Waals surface area contributed by atoms with Crippen molar-refractivity contribution in [3.63, 3.8) is 0 Å². The molecule has 0 unspecified atom stereocenters. The van der Waals surface area contributed by atoms with E-state index >= 15 is 0 Å². The third kappa shape index (κ3) is 8.57. The summed E-state index contributed by atoms with van der Waals surface area (Å²) in [4.78, 5) is 23.7. The summed E-state index contributed by atoms with van der Waals surface area (Å²) in [6.45, 7) is 6.43. The van der Waals surface area contributed by atoms with E-state index in [2.05, 4.69) is 21.2 Å². The Bertz CT molecular complexity index is 1170. The van der Waals surface area contributed by atoms with Gasteiger partial charge in [-0.25, -0.2) is 13.2 Å². The topological polar surface area (TPSA) is 107 Å². The van der Waals surface area contributed by atoms with Gasteiger partial charge in [0.2, 0.25) is 15.9 Å². The standard InChI is InChI=1S/C21H26BrN3O3S.C2HF3O2/c1-16-3-8-20(13-17(16)2)29(27,28)25(14-18-4-6-19(22)7-5-18)15-21(26)24-11-9-23-10-12-24;3-2(4,5)1(6)7/h3-8,13,23H,9-12,14-15H2,1-2H3;(H,6,7). The number of carbonyl (C=O) groups is 2. The zero-order valence-electron chi connectivity index (χ0n) is 19.7. The van der Waals surface area contributed by atoms with E-state index in [1.54, 1.807) is 23.1 Å². The first-order valence-electron chi connectivity index (χ1n) is 10.8. The van der Waals surface area contributed by atoms with Crippen molar-refractivity contribution in [1.82, 2.24) is 14.5 Å². The zero-order valence-corrected chi connectivity index (χ0v) is 22.1. The van der Waals surface area contributed by atoms with Crippen molar-refractivity contribution < 1.29 is 36.3 Å². The van der Waals surface area contributed by atoms with Crippen molar-refractivity contribution in [3.05, 3.63) is 63.6 Å². The molecule has 1 saturated heterocycles. The average Bonchev–Trinajstić information content (AvgIpc) is 2.82. The highest BCUT2D eigenvalue weighted by molar-refractivity contribution is 9.10. The van der Waals surface area contributed by atoms with Crippen LogP contribution in [0, 0.1) is 13.8 Å². The highest BCUT2D eigenvalue weighted by Gasteiger charge is 2.38. The Labute approximate surface area is 216 Å². The number of piperazine rings is 1. The molecular formula is C23H27BrF3N3O5S. The summed E-state index contributed by atoms with van der Waals surface area (Å²) in [7, 11) is -3.82. The molecule has 0 aromatic heterocycles. The highest BCUT2D eigenvalue weighted by Crippen LogP contribution is 2.22. The van der Waals surface area contributed by atoms with Gasteiger partial charge in [0.05, 0.1) is 11.4 Å². The number of sulfonamides is 1. The van der Waals surface area contributed by atoms with Crippen LogP contribution in [0.25, 0.3) is 0 Å². The lowest BCUT2D eigenvalue weighted by molar-refractivity contribution is -0.192. The number of rotatable bonds is 6. The molecule has 2 aromatic carbocycles. The van der Waals surface area contributed by atoms with Crippen LogP contribution in [-0.4, -0.2) is 73.5 Å². The van der Waals surface area contributed by atoms with E-state index in [9.17, 15) is 26.4 Å². The molecule has 198 valence electrons. The predicted octanol–water partition coefficient (Wildman–Crippen LogP) is 3.32. The first-order valence-corrected chi connectivity index (χ1v) is 13.1. The number of benzene rings is 2. The van der Waals surface area contributed by atoms with Gasteiger partial charge in [-0.15, -0.1) is 0 Å². The lowest BCUT2D eigenvalue weighted by Crippen LogP contribution is -2.50. The van der Waals surface area contributed by atoms with Gasteiger partial charge in [-0.2, -0.15) is 17.5 Å². The Morgan fingerprint density at radius 2 is 1.61 bits per heavy atom. The summed E-state index contributed by atoms with van der Waals surface area (Å²) in [5, 5.41) is 10.3. The van der Waals surface area contributed by atoms with Crippen LogP contribution in [0.4, 0.5) is 13.2 Å². The number of nitrogens with one attached hydrogen (secondary N) is 1. The second-order valence-electron chi connectivity index (χ2n) is 8.08. The summed E-state index contributed by atoms with van der Waals surface area (Å²) in [5.74, 6) is -2.93. The molecule has 0 spiro atoms. The number of aliphatic carboxylic acids is 1. The van der Waals surface area contributed by atoms with E-state index < -0.39 is 22.2 Å². The first-order chi connectivity index (χ1) is 16.7. The van der Waals surface area contributed by atoms with Crippen molar-refractivity contribution in [3.8, 4) is 0 Å². The molecule has 2 N–H and O–H groups in total. The van der Waals surface area contributed by atoms with Gasteiger partial charge in [0.25, 0.3) is 0 Å². The number of carbonyl (C=O) groups excluding carboxylic acids is 1. The molecule has 3 rings (SSSR count). The van der Waals surface area contributed by atoms with Crippen LogP contribution in [0.2, 0.25) is 0 Å². The summed E-state index contributed by atoms with van der Waals surface area (Å²) >= 11 is 3.40. The quantitative estimate of drug-likeness (QED) is 0.532. The molecular weight excluding hydrogens is 567 g/mol. The highest BCUT2D eigenvalue weighted by atomic mass is 79.9. The van der Waals surface area contributed by atoms with Crippen LogP contribution >= 0.6 is 15.9 Å². The monoisotopic (exact) mass is 593 g/mol. The van der Waals surface area contributed by atoms with E-state index in [1.165, 1.54) is 4.31 Å². The number of halogens is 4. The van der Waals surface area contributed by atoms with Crippen molar-refractivity contribution >= 4 is 37.8 Å². The molecule has 1 aliphatic heterocycles. The van der Waals surface area contributed by atoms with Crippen LogP contribution in [0.3, 0.4) is 0 Å². The third-order valence-corrected chi connectivity index (χ3v) is 7.73. The molecule has 36 heavy (non-hydrogen) atoms. The van der Waals surface area contributed by atoms with Crippen LogP contribution in [0.5, 0.6) is 0 Å². The van der Waals surface area contributed by atoms with Crippen molar-refractivity contribution in [1.29, 1.82) is 0 Å². The van der Waals surface area contributed by atoms with Crippen LogP contribution in [0.1, 0.15) is 16.7 Å². The number of carboxylic acid groups (broad SMARTS) is 1. The van der Waals surface area contributed by atoms with Gasteiger partial charge in [-0.05, 0) is 54.8 Å². The predicted molar refractivity (Wildman–Crippen MR) is 131 cm³/mol. The van der Waals surface area contributed by atoms with Gasteiger partial charge in [-0.1, -0.05) is 34.1 Å². The van der Waals surface area contributed by atoms with Gasteiger partial charge in [0.15, 0.2) is 0 Å². The number of hydrogen-bond acceptors (Lipinski definition) is 5. The number of aryl methyl sites for hydroxylation is 2. The maximum atomic E-state index is 13.4.